The number of hydrogen-bond acceptors (Lipinski definition) is 3. The Balaban J connectivity index is 2.11. The summed E-state index contributed by atoms with van der Waals surface area (Å²) in [6, 6.07) is 10.1. The van der Waals surface area contributed by atoms with E-state index in [-0.39, 0.29) is 0 Å². The van der Waals surface area contributed by atoms with E-state index in [2.05, 4.69) is 24.9 Å². The maximum atomic E-state index is 5.80. The van der Waals surface area contributed by atoms with Crippen LogP contribution >= 0.6 is 0 Å². The lowest BCUT2D eigenvalue weighted by molar-refractivity contribution is 0.304. The van der Waals surface area contributed by atoms with Crippen molar-refractivity contribution in [1.82, 2.24) is 4.98 Å². The molecular formula is C15H18N2O. The van der Waals surface area contributed by atoms with Gasteiger partial charge in [-0.15, -0.1) is 0 Å². The number of benzene rings is 1. The lowest BCUT2D eigenvalue weighted by Gasteiger charge is -2.10. The van der Waals surface area contributed by atoms with E-state index in [1.54, 1.807) is 6.20 Å². The molecular weight excluding hydrogens is 224 g/mol. The molecule has 0 aliphatic carbocycles. The minimum atomic E-state index is 0.437. The van der Waals surface area contributed by atoms with Crippen molar-refractivity contribution in [3.05, 3.63) is 58.9 Å². The highest BCUT2D eigenvalue weighted by Gasteiger charge is 2.03. The molecule has 0 saturated heterocycles. The van der Waals surface area contributed by atoms with Gasteiger partial charge in [-0.3, -0.25) is 4.98 Å². The fraction of sp³-hybridized carbons (Fsp3) is 0.267. The van der Waals surface area contributed by atoms with E-state index in [0.29, 0.717) is 13.2 Å². The smallest absolute Gasteiger partial charge is 0.120 e. The average Bonchev–Trinajstić information content (AvgIpc) is 2.35. The maximum Gasteiger partial charge on any atom is 0.120 e. The molecule has 0 fully saturated rings. The normalized spacial score (nSPS) is 10.4. The summed E-state index contributed by atoms with van der Waals surface area (Å²) >= 11 is 0. The molecule has 0 radical (unpaired) electrons. The van der Waals surface area contributed by atoms with Gasteiger partial charge in [0.1, 0.15) is 12.4 Å². The number of rotatable bonds is 4. The average molecular weight is 242 g/mol. The van der Waals surface area contributed by atoms with Gasteiger partial charge in [0.25, 0.3) is 0 Å². The van der Waals surface area contributed by atoms with Crippen molar-refractivity contribution in [3.8, 4) is 5.75 Å². The zero-order valence-corrected chi connectivity index (χ0v) is 10.8. The number of aromatic nitrogens is 1. The van der Waals surface area contributed by atoms with Crippen LogP contribution in [0.25, 0.3) is 0 Å². The van der Waals surface area contributed by atoms with Gasteiger partial charge < -0.3 is 10.5 Å². The third kappa shape index (κ3) is 3.08. The lowest BCUT2D eigenvalue weighted by Crippen LogP contribution is -2.06. The van der Waals surface area contributed by atoms with Crippen molar-refractivity contribution >= 4 is 0 Å². The van der Waals surface area contributed by atoms with Crippen molar-refractivity contribution in [1.29, 1.82) is 0 Å². The molecule has 94 valence electrons. The van der Waals surface area contributed by atoms with Gasteiger partial charge in [-0.25, -0.2) is 0 Å². The molecule has 1 aromatic carbocycles. The van der Waals surface area contributed by atoms with Crippen LogP contribution in [0, 0.1) is 13.8 Å². The van der Waals surface area contributed by atoms with Gasteiger partial charge in [-0.2, -0.15) is 0 Å². The van der Waals surface area contributed by atoms with Gasteiger partial charge in [0.15, 0.2) is 0 Å². The topological polar surface area (TPSA) is 48.1 Å². The Morgan fingerprint density at radius 2 is 1.89 bits per heavy atom. The maximum absolute atomic E-state index is 5.80. The summed E-state index contributed by atoms with van der Waals surface area (Å²) in [6.07, 6.45) is 1.75. The van der Waals surface area contributed by atoms with Crippen LogP contribution in [0.4, 0.5) is 0 Å². The summed E-state index contributed by atoms with van der Waals surface area (Å²) in [5.41, 5.74) is 9.99. The summed E-state index contributed by atoms with van der Waals surface area (Å²) in [5.74, 6) is 0.888. The fourth-order valence-electron chi connectivity index (χ4n) is 1.96. The highest BCUT2D eigenvalue weighted by atomic mass is 16.5. The predicted molar refractivity (Wildman–Crippen MR) is 72.4 cm³/mol. The highest BCUT2D eigenvalue weighted by molar-refractivity contribution is 5.33. The summed E-state index contributed by atoms with van der Waals surface area (Å²) in [6.45, 7) is 5.07. The van der Waals surface area contributed by atoms with Gasteiger partial charge in [0, 0.05) is 18.3 Å². The SMILES string of the molecule is Cc1cc(C)cc(OCc2cccnc2CN)c1. The van der Waals surface area contributed by atoms with Gasteiger partial charge in [-0.05, 0) is 43.2 Å². The molecule has 0 aliphatic rings. The molecule has 1 aromatic heterocycles. The number of hydrogen-bond donors (Lipinski definition) is 1. The van der Waals surface area contributed by atoms with Gasteiger partial charge in [0.05, 0.1) is 5.69 Å². The van der Waals surface area contributed by atoms with Crippen molar-refractivity contribution in [2.24, 2.45) is 5.73 Å². The molecule has 2 rings (SSSR count). The molecule has 0 spiro atoms. The number of ether oxygens (including phenoxy) is 1. The lowest BCUT2D eigenvalue weighted by atomic mass is 10.1. The van der Waals surface area contributed by atoms with Crippen LogP contribution in [0.1, 0.15) is 22.4 Å². The van der Waals surface area contributed by atoms with Crippen molar-refractivity contribution < 1.29 is 4.74 Å². The van der Waals surface area contributed by atoms with Gasteiger partial charge in [-0.1, -0.05) is 12.1 Å². The van der Waals surface area contributed by atoms with Crippen molar-refractivity contribution in [2.75, 3.05) is 0 Å². The van der Waals surface area contributed by atoms with E-state index in [1.165, 1.54) is 11.1 Å². The molecule has 0 bridgehead atoms. The quantitative estimate of drug-likeness (QED) is 0.896. The fourth-order valence-corrected chi connectivity index (χ4v) is 1.96. The minimum absolute atomic E-state index is 0.437. The summed E-state index contributed by atoms with van der Waals surface area (Å²) in [7, 11) is 0. The van der Waals surface area contributed by atoms with Gasteiger partial charge in [0.2, 0.25) is 0 Å². The largest absolute Gasteiger partial charge is 0.489 e. The summed E-state index contributed by atoms with van der Waals surface area (Å²) < 4.78 is 5.80. The predicted octanol–water partition coefficient (Wildman–Crippen LogP) is 2.74. The molecule has 0 atom stereocenters. The highest BCUT2D eigenvalue weighted by Crippen LogP contribution is 2.18. The first kappa shape index (κ1) is 12.6. The second-order valence-corrected chi connectivity index (χ2v) is 4.43. The standard InChI is InChI=1S/C15H18N2O/c1-11-6-12(2)8-14(7-11)18-10-13-4-3-5-17-15(13)9-16/h3-8H,9-10,16H2,1-2H3. The zero-order chi connectivity index (χ0) is 13.0. The Kier molecular flexibility index (Phi) is 3.95. The number of nitrogens with two attached hydrogens (primary N) is 1. The van der Waals surface area contributed by atoms with Crippen LogP contribution < -0.4 is 10.5 Å². The first-order valence-electron chi connectivity index (χ1n) is 6.03. The number of pyridine rings is 1. The Hall–Kier alpha value is -1.87. The van der Waals surface area contributed by atoms with E-state index in [0.717, 1.165) is 17.0 Å². The Labute approximate surface area is 108 Å². The Morgan fingerprint density at radius 1 is 1.17 bits per heavy atom. The van der Waals surface area contributed by atoms with Crippen LogP contribution in [-0.4, -0.2) is 4.98 Å². The molecule has 3 nitrogen and oxygen atoms in total. The van der Waals surface area contributed by atoms with Crippen LogP contribution in [0.15, 0.2) is 36.5 Å². The van der Waals surface area contributed by atoms with E-state index >= 15 is 0 Å². The molecule has 3 heteroatoms. The third-order valence-electron chi connectivity index (χ3n) is 2.77. The van der Waals surface area contributed by atoms with Crippen LogP contribution in [0.2, 0.25) is 0 Å². The Bertz CT molecular complexity index is 518. The van der Waals surface area contributed by atoms with E-state index in [9.17, 15) is 0 Å². The second kappa shape index (κ2) is 5.65. The summed E-state index contributed by atoms with van der Waals surface area (Å²) in [5, 5.41) is 0. The van der Waals surface area contributed by atoms with Crippen molar-refractivity contribution in [3.63, 3.8) is 0 Å². The third-order valence-corrected chi connectivity index (χ3v) is 2.77. The summed E-state index contributed by atoms with van der Waals surface area (Å²) in [4.78, 5) is 4.24. The molecule has 0 unspecified atom stereocenters. The molecule has 1 heterocycles. The monoisotopic (exact) mass is 242 g/mol. The Morgan fingerprint density at radius 3 is 2.56 bits per heavy atom. The first-order valence-corrected chi connectivity index (χ1v) is 6.03. The number of nitrogens with zero attached hydrogens (tertiary/aromatic N) is 1. The van der Waals surface area contributed by atoms with E-state index < -0.39 is 0 Å². The zero-order valence-electron chi connectivity index (χ0n) is 10.8. The molecule has 0 aliphatic heterocycles. The van der Waals surface area contributed by atoms with E-state index in [1.807, 2.05) is 24.3 Å². The molecule has 0 saturated carbocycles. The molecule has 2 N–H and O–H groups in total. The van der Waals surface area contributed by atoms with Crippen LogP contribution in [0.5, 0.6) is 5.75 Å². The number of aryl methyl sites for hydroxylation is 2. The first-order chi connectivity index (χ1) is 8.69. The van der Waals surface area contributed by atoms with Gasteiger partial charge >= 0.3 is 0 Å². The second-order valence-electron chi connectivity index (χ2n) is 4.43. The molecule has 2 aromatic rings. The van der Waals surface area contributed by atoms with Crippen LogP contribution in [-0.2, 0) is 13.2 Å². The van der Waals surface area contributed by atoms with Crippen molar-refractivity contribution in [2.45, 2.75) is 27.0 Å². The minimum Gasteiger partial charge on any atom is -0.489 e. The van der Waals surface area contributed by atoms with E-state index in [4.69, 9.17) is 10.5 Å². The molecule has 18 heavy (non-hydrogen) atoms. The molecule has 0 amide bonds. The van der Waals surface area contributed by atoms with Crippen LogP contribution in [0.3, 0.4) is 0 Å².